The van der Waals surface area contributed by atoms with Crippen molar-refractivity contribution in [2.75, 3.05) is 33.4 Å². The van der Waals surface area contributed by atoms with E-state index < -0.39 is 6.10 Å². The van der Waals surface area contributed by atoms with Gasteiger partial charge in [-0.1, -0.05) is 36.4 Å². The lowest BCUT2D eigenvalue weighted by atomic mass is 10.2. The van der Waals surface area contributed by atoms with E-state index in [4.69, 9.17) is 9.47 Å². The Morgan fingerprint density at radius 2 is 1.79 bits per heavy atom. The van der Waals surface area contributed by atoms with E-state index in [9.17, 15) is 9.50 Å². The summed E-state index contributed by atoms with van der Waals surface area (Å²) < 4.78 is 24.4. The number of aliphatic hydroxyl groups excluding tert-OH is 1. The number of rotatable bonds is 10. The predicted molar refractivity (Wildman–Crippen MR) is 91.5 cm³/mol. The second-order valence-corrected chi connectivity index (χ2v) is 5.68. The number of para-hydroxylation sites is 1. The smallest absolute Gasteiger partial charge is 0.128 e. The van der Waals surface area contributed by atoms with Crippen molar-refractivity contribution in [1.82, 2.24) is 4.90 Å². The molecule has 0 aliphatic rings. The minimum atomic E-state index is -0.626. The summed E-state index contributed by atoms with van der Waals surface area (Å²) >= 11 is 0. The molecule has 0 aliphatic carbocycles. The van der Waals surface area contributed by atoms with Gasteiger partial charge in [-0.05, 0) is 25.2 Å². The molecule has 0 bridgehead atoms. The van der Waals surface area contributed by atoms with Crippen LogP contribution in [-0.4, -0.2) is 49.5 Å². The highest BCUT2D eigenvalue weighted by Gasteiger charge is 2.09. The summed E-state index contributed by atoms with van der Waals surface area (Å²) in [5.74, 6) is 0.543. The third kappa shape index (κ3) is 6.66. The second-order valence-electron chi connectivity index (χ2n) is 5.68. The molecule has 0 heterocycles. The fourth-order valence-corrected chi connectivity index (χ4v) is 2.26. The van der Waals surface area contributed by atoms with Crippen molar-refractivity contribution < 1.29 is 19.0 Å². The quantitative estimate of drug-likeness (QED) is 0.726. The maximum Gasteiger partial charge on any atom is 0.128 e. The molecule has 0 saturated heterocycles. The Morgan fingerprint density at radius 1 is 1.08 bits per heavy atom. The van der Waals surface area contributed by atoms with Crippen LogP contribution in [0.2, 0.25) is 0 Å². The highest BCUT2D eigenvalue weighted by Crippen LogP contribution is 2.09. The average Bonchev–Trinajstić information content (AvgIpc) is 2.57. The molecular formula is C19H24FNO3. The van der Waals surface area contributed by atoms with Gasteiger partial charge >= 0.3 is 0 Å². The molecule has 2 rings (SSSR count). The van der Waals surface area contributed by atoms with Gasteiger partial charge in [0.1, 0.15) is 18.2 Å². The number of halogens is 1. The van der Waals surface area contributed by atoms with Crippen LogP contribution in [0.5, 0.6) is 5.75 Å². The van der Waals surface area contributed by atoms with Crippen LogP contribution in [-0.2, 0) is 11.3 Å². The van der Waals surface area contributed by atoms with E-state index in [2.05, 4.69) is 0 Å². The van der Waals surface area contributed by atoms with E-state index in [1.54, 1.807) is 18.2 Å². The molecule has 130 valence electrons. The number of hydrogen-bond acceptors (Lipinski definition) is 4. The first-order valence-electron chi connectivity index (χ1n) is 8.01. The first-order chi connectivity index (χ1) is 11.6. The van der Waals surface area contributed by atoms with Crippen molar-refractivity contribution in [3.63, 3.8) is 0 Å². The summed E-state index contributed by atoms with van der Waals surface area (Å²) in [7, 11) is 1.91. The van der Waals surface area contributed by atoms with Crippen LogP contribution in [0.15, 0.2) is 54.6 Å². The summed E-state index contributed by atoms with van der Waals surface area (Å²) in [4.78, 5) is 1.97. The minimum Gasteiger partial charge on any atom is -0.492 e. The molecule has 0 radical (unpaired) electrons. The van der Waals surface area contributed by atoms with Gasteiger partial charge in [-0.3, -0.25) is 0 Å². The molecule has 1 atom stereocenters. The largest absolute Gasteiger partial charge is 0.492 e. The minimum absolute atomic E-state index is 0.157. The van der Waals surface area contributed by atoms with Crippen LogP contribution >= 0.6 is 0 Å². The molecule has 24 heavy (non-hydrogen) atoms. The van der Waals surface area contributed by atoms with Gasteiger partial charge in [0, 0.05) is 18.7 Å². The van der Waals surface area contributed by atoms with Crippen molar-refractivity contribution in [3.8, 4) is 5.75 Å². The zero-order valence-corrected chi connectivity index (χ0v) is 13.9. The molecule has 2 aromatic carbocycles. The molecule has 0 amide bonds. The van der Waals surface area contributed by atoms with Gasteiger partial charge in [0.15, 0.2) is 0 Å². The molecule has 4 nitrogen and oxygen atoms in total. The van der Waals surface area contributed by atoms with Crippen molar-refractivity contribution in [2.45, 2.75) is 12.7 Å². The fourth-order valence-electron chi connectivity index (χ4n) is 2.26. The Morgan fingerprint density at radius 3 is 2.54 bits per heavy atom. The predicted octanol–water partition coefficient (Wildman–Crippen LogP) is 2.71. The second kappa shape index (κ2) is 10.0. The van der Waals surface area contributed by atoms with E-state index in [1.165, 1.54) is 6.07 Å². The molecule has 0 unspecified atom stereocenters. The molecule has 5 heteroatoms. The molecule has 0 aliphatic heterocycles. The lowest BCUT2D eigenvalue weighted by molar-refractivity contribution is 0.0116. The number of benzene rings is 2. The Hall–Kier alpha value is -1.95. The summed E-state index contributed by atoms with van der Waals surface area (Å²) in [6.07, 6.45) is -0.626. The van der Waals surface area contributed by atoms with E-state index in [-0.39, 0.29) is 19.0 Å². The molecule has 0 spiro atoms. The highest BCUT2D eigenvalue weighted by atomic mass is 19.1. The zero-order chi connectivity index (χ0) is 17.2. The van der Waals surface area contributed by atoms with Gasteiger partial charge in [-0.25, -0.2) is 4.39 Å². The van der Waals surface area contributed by atoms with Gasteiger partial charge < -0.3 is 19.5 Å². The van der Waals surface area contributed by atoms with Gasteiger partial charge in [0.25, 0.3) is 0 Å². The normalized spacial score (nSPS) is 12.3. The van der Waals surface area contributed by atoms with Gasteiger partial charge in [-0.15, -0.1) is 0 Å². The van der Waals surface area contributed by atoms with Crippen molar-refractivity contribution in [2.24, 2.45) is 0 Å². The summed E-state index contributed by atoms with van der Waals surface area (Å²) in [5, 5.41) is 9.98. The van der Waals surface area contributed by atoms with E-state index in [0.717, 1.165) is 5.75 Å². The van der Waals surface area contributed by atoms with Crippen molar-refractivity contribution in [3.05, 3.63) is 66.0 Å². The summed E-state index contributed by atoms with van der Waals surface area (Å²) in [5.41, 5.74) is 0.495. The molecule has 0 saturated carbocycles. The van der Waals surface area contributed by atoms with E-state index in [1.807, 2.05) is 42.3 Å². The first-order valence-corrected chi connectivity index (χ1v) is 8.01. The molecule has 2 aromatic rings. The number of ether oxygens (including phenoxy) is 2. The van der Waals surface area contributed by atoms with Crippen molar-refractivity contribution >= 4 is 0 Å². The maximum atomic E-state index is 13.4. The van der Waals surface area contributed by atoms with Gasteiger partial charge in [0.2, 0.25) is 0 Å². The standard InChI is InChI=1S/C19H24FNO3/c1-21(11-12-24-18-8-3-2-4-9-18)13-17(22)15-23-14-16-7-5-6-10-19(16)20/h2-10,17,22H,11-15H2,1H3/t17-/m0/s1. The highest BCUT2D eigenvalue weighted by molar-refractivity contribution is 5.20. The van der Waals surface area contributed by atoms with Crippen LogP contribution in [0, 0.1) is 5.82 Å². The molecule has 0 aromatic heterocycles. The third-order valence-corrected chi connectivity index (χ3v) is 3.53. The van der Waals surface area contributed by atoms with E-state index in [0.29, 0.717) is 25.3 Å². The third-order valence-electron chi connectivity index (χ3n) is 3.53. The van der Waals surface area contributed by atoms with Crippen LogP contribution in [0.1, 0.15) is 5.56 Å². The van der Waals surface area contributed by atoms with Crippen LogP contribution in [0.4, 0.5) is 4.39 Å². The topological polar surface area (TPSA) is 41.9 Å². The average molecular weight is 333 g/mol. The summed E-state index contributed by atoms with van der Waals surface area (Å²) in [6, 6.07) is 16.1. The Kier molecular flexibility index (Phi) is 7.68. The van der Waals surface area contributed by atoms with Crippen LogP contribution in [0.25, 0.3) is 0 Å². The van der Waals surface area contributed by atoms with Crippen LogP contribution in [0.3, 0.4) is 0 Å². The number of likely N-dealkylation sites (N-methyl/N-ethyl adjacent to an activating group) is 1. The zero-order valence-electron chi connectivity index (χ0n) is 13.9. The van der Waals surface area contributed by atoms with Crippen molar-refractivity contribution in [1.29, 1.82) is 0 Å². The number of hydrogen-bond donors (Lipinski definition) is 1. The monoisotopic (exact) mass is 333 g/mol. The maximum absolute atomic E-state index is 13.4. The lowest BCUT2D eigenvalue weighted by Gasteiger charge is -2.20. The lowest BCUT2D eigenvalue weighted by Crippen LogP contribution is -2.34. The Balaban J connectivity index is 1.59. The SMILES string of the molecule is CN(CCOc1ccccc1)C[C@H](O)COCc1ccccc1F. The van der Waals surface area contributed by atoms with Gasteiger partial charge in [0.05, 0.1) is 19.3 Å². The Bertz CT molecular complexity index is 594. The molecule has 0 fully saturated rings. The van der Waals surface area contributed by atoms with Crippen LogP contribution < -0.4 is 4.74 Å². The first kappa shape index (κ1) is 18.4. The number of nitrogens with zero attached hydrogens (tertiary/aromatic N) is 1. The molecular weight excluding hydrogens is 309 g/mol. The fraction of sp³-hybridized carbons (Fsp3) is 0.368. The summed E-state index contributed by atoms with van der Waals surface area (Å²) in [6.45, 7) is 2.03. The van der Waals surface area contributed by atoms with E-state index >= 15 is 0 Å². The van der Waals surface area contributed by atoms with Gasteiger partial charge in [-0.2, -0.15) is 0 Å². The molecule has 1 N–H and O–H groups in total. The Labute approximate surface area is 142 Å². The number of aliphatic hydroxyl groups is 1.